The van der Waals surface area contributed by atoms with Gasteiger partial charge in [-0.25, -0.2) is 9.97 Å². The summed E-state index contributed by atoms with van der Waals surface area (Å²) >= 11 is 0. The van der Waals surface area contributed by atoms with Gasteiger partial charge >= 0.3 is 0 Å². The van der Waals surface area contributed by atoms with Crippen LogP contribution < -0.4 is 0 Å². The second kappa shape index (κ2) is 13.7. The zero-order valence-corrected chi connectivity index (χ0v) is 28.4. The summed E-state index contributed by atoms with van der Waals surface area (Å²) in [5.74, 6) is 0. The number of nitrogens with zero attached hydrogens (tertiary/aromatic N) is 3. The minimum absolute atomic E-state index is 0.843. The Morgan fingerprint density at radius 1 is 0.250 bits per heavy atom. The van der Waals surface area contributed by atoms with Crippen molar-refractivity contribution in [1.82, 2.24) is 15.0 Å². The summed E-state index contributed by atoms with van der Waals surface area (Å²) in [6.07, 6.45) is 3.69. The van der Waals surface area contributed by atoms with Crippen LogP contribution in [0.25, 0.3) is 89.2 Å². The molecule has 0 bridgehead atoms. The second-order valence-corrected chi connectivity index (χ2v) is 12.9. The Morgan fingerprint density at radius 3 is 1.00 bits per heavy atom. The fourth-order valence-electron chi connectivity index (χ4n) is 6.90. The molecule has 2 aromatic heterocycles. The third-order valence-electron chi connectivity index (χ3n) is 9.63. The predicted molar refractivity (Wildman–Crippen MR) is 215 cm³/mol. The lowest BCUT2D eigenvalue weighted by atomic mass is 9.94. The van der Waals surface area contributed by atoms with Crippen LogP contribution in [-0.4, -0.2) is 15.0 Å². The van der Waals surface area contributed by atoms with Crippen molar-refractivity contribution in [2.75, 3.05) is 0 Å². The highest BCUT2D eigenvalue weighted by Crippen LogP contribution is 2.40. The van der Waals surface area contributed by atoms with Crippen LogP contribution in [0.4, 0.5) is 0 Å². The molecule has 9 rings (SSSR count). The maximum Gasteiger partial charge on any atom is 0.0979 e. The van der Waals surface area contributed by atoms with Crippen molar-refractivity contribution in [3.05, 3.63) is 200 Å². The van der Waals surface area contributed by atoms with Crippen LogP contribution in [0.3, 0.4) is 0 Å². The van der Waals surface area contributed by atoms with Crippen molar-refractivity contribution in [2.24, 2.45) is 0 Å². The van der Waals surface area contributed by atoms with E-state index in [-0.39, 0.29) is 0 Å². The van der Waals surface area contributed by atoms with Crippen LogP contribution in [0.15, 0.2) is 200 Å². The molecule has 0 unspecified atom stereocenters. The van der Waals surface area contributed by atoms with Gasteiger partial charge in [-0.15, -0.1) is 0 Å². The monoisotopic (exact) mass is 663 g/mol. The topological polar surface area (TPSA) is 38.7 Å². The van der Waals surface area contributed by atoms with Crippen molar-refractivity contribution in [3.8, 4) is 78.1 Å². The molecule has 52 heavy (non-hydrogen) atoms. The molecule has 3 heteroatoms. The molecule has 244 valence electrons. The van der Waals surface area contributed by atoms with Crippen molar-refractivity contribution < 1.29 is 0 Å². The molecule has 0 N–H and O–H groups in total. The molecule has 9 aromatic rings. The number of aromatic nitrogens is 3. The number of fused-ring (bicyclic) bond motifs is 1. The summed E-state index contributed by atoms with van der Waals surface area (Å²) in [4.78, 5) is 15.4. The summed E-state index contributed by atoms with van der Waals surface area (Å²) in [5.41, 5.74) is 16.6. The van der Waals surface area contributed by atoms with Gasteiger partial charge in [0.15, 0.2) is 0 Å². The van der Waals surface area contributed by atoms with E-state index >= 15 is 0 Å². The molecule has 0 saturated carbocycles. The summed E-state index contributed by atoms with van der Waals surface area (Å²) in [7, 11) is 0. The average Bonchev–Trinajstić information content (AvgIpc) is 3.24. The average molecular weight is 664 g/mol. The summed E-state index contributed by atoms with van der Waals surface area (Å²) in [6.45, 7) is 0. The highest BCUT2D eigenvalue weighted by atomic mass is 14.8. The van der Waals surface area contributed by atoms with Gasteiger partial charge in [-0.3, -0.25) is 4.98 Å². The first-order valence-corrected chi connectivity index (χ1v) is 17.5. The Bertz CT molecular complexity index is 2600. The predicted octanol–water partition coefficient (Wildman–Crippen LogP) is 12.7. The molecule has 0 spiro atoms. The van der Waals surface area contributed by atoms with E-state index in [0.717, 1.165) is 66.9 Å². The molecule has 0 radical (unpaired) electrons. The van der Waals surface area contributed by atoms with E-state index in [0.29, 0.717) is 0 Å². The lowest BCUT2D eigenvalue weighted by Crippen LogP contribution is -1.99. The Morgan fingerprint density at radius 2 is 0.577 bits per heavy atom. The molecule has 0 fully saturated rings. The van der Waals surface area contributed by atoms with Gasteiger partial charge in [-0.1, -0.05) is 182 Å². The molecule has 0 aliphatic carbocycles. The lowest BCUT2D eigenvalue weighted by molar-refractivity contribution is 1.29. The van der Waals surface area contributed by atoms with E-state index in [1.807, 2.05) is 30.5 Å². The van der Waals surface area contributed by atoms with Crippen LogP contribution in [0.2, 0.25) is 0 Å². The smallest absolute Gasteiger partial charge is 0.0979 e. The van der Waals surface area contributed by atoms with Crippen molar-refractivity contribution in [2.45, 2.75) is 0 Å². The SMILES string of the molecule is c1ccc(-c2ccc(-c3ccc(-c4ccc(-c5ccccc5)cc4)c4nc(-c5ccc(-c6cccnc6)cc5)c(-c5ccccc5)nc34)cc2)cc1. The molecule has 3 nitrogen and oxygen atoms in total. The number of pyridine rings is 1. The molecular weight excluding hydrogens is 631 g/mol. The van der Waals surface area contributed by atoms with Crippen LogP contribution >= 0.6 is 0 Å². The third-order valence-corrected chi connectivity index (χ3v) is 9.63. The van der Waals surface area contributed by atoms with Gasteiger partial charge in [0.2, 0.25) is 0 Å². The maximum absolute atomic E-state index is 5.56. The fraction of sp³-hybridized carbons (Fsp3) is 0. The van der Waals surface area contributed by atoms with E-state index in [2.05, 4.69) is 169 Å². The quantitative estimate of drug-likeness (QED) is 0.170. The van der Waals surface area contributed by atoms with Crippen molar-refractivity contribution >= 4 is 11.0 Å². The van der Waals surface area contributed by atoms with Crippen LogP contribution in [-0.2, 0) is 0 Å². The Labute approximate surface area is 303 Å². The molecule has 0 atom stereocenters. The maximum atomic E-state index is 5.56. The van der Waals surface area contributed by atoms with Crippen molar-refractivity contribution in [1.29, 1.82) is 0 Å². The minimum Gasteiger partial charge on any atom is -0.264 e. The van der Waals surface area contributed by atoms with Gasteiger partial charge in [-0.2, -0.15) is 0 Å². The summed E-state index contributed by atoms with van der Waals surface area (Å²) in [6, 6.07) is 65.9. The standard InChI is InChI=1S/C49H33N3/c1-4-11-34(12-5-1)36-18-24-39(25-19-36)44-30-31-45(40-26-20-37(21-27-40)35-13-6-2-7-14-35)49-48(44)51-46(41-15-8-3-9-16-41)47(52-49)42-28-22-38(23-29-42)43-17-10-32-50-33-43/h1-33H. The first-order valence-electron chi connectivity index (χ1n) is 17.5. The van der Waals surface area contributed by atoms with E-state index in [1.54, 1.807) is 6.20 Å². The Kier molecular flexibility index (Phi) is 8.20. The van der Waals surface area contributed by atoms with Gasteiger partial charge in [0.05, 0.1) is 22.4 Å². The van der Waals surface area contributed by atoms with Crippen LogP contribution in [0.1, 0.15) is 0 Å². The van der Waals surface area contributed by atoms with Crippen molar-refractivity contribution in [3.63, 3.8) is 0 Å². The number of benzene rings is 7. The van der Waals surface area contributed by atoms with Crippen LogP contribution in [0, 0.1) is 0 Å². The number of hydrogen-bond acceptors (Lipinski definition) is 3. The molecule has 2 heterocycles. The molecule has 7 aromatic carbocycles. The fourth-order valence-corrected chi connectivity index (χ4v) is 6.90. The highest BCUT2D eigenvalue weighted by molar-refractivity contribution is 6.03. The van der Waals surface area contributed by atoms with Gasteiger partial charge in [0.25, 0.3) is 0 Å². The largest absolute Gasteiger partial charge is 0.264 e. The molecular formula is C49H33N3. The molecule has 0 amide bonds. The Hall–Kier alpha value is -6.97. The second-order valence-electron chi connectivity index (χ2n) is 12.9. The zero-order chi connectivity index (χ0) is 34.7. The van der Waals surface area contributed by atoms with Crippen LogP contribution in [0.5, 0.6) is 0 Å². The lowest BCUT2D eigenvalue weighted by Gasteiger charge is -2.16. The number of rotatable bonds is 7. The first kappa shape index (κ1) is 31.0. The van der Waals surface area contributed by atoms with Gasteiger partial charge in [0.1, 0.15) is 0 Å². The molecule has 0 saturated heterocycles. The highest BCUT2D eigenvalue weighted by Gasteiger charge is 2.19. The third kappa shape index (κ3) is 6.06. The van der Waals surface area contributed by atoms with Gasteiger partial charge in [0, 0.05) is 34.6 Å². The van der Waals surface area contributed by atoms with E-state index in [4.69, 9.17) is 9.97 Å². The minimum atomic E-state index is 0.843. The number of hydrogen-bond donors (Lipinski definition) is 0. The zero-order valence-electron chi connectivity index (χ0n) is 28.4. The first-order chi connectivity index (χ1) is 25.8. The van der Waals surface area contributed by atoms with Gasteiger partial charge < -0.3 is 0 Å². The molecule has 0 aliphatic heterocycles. The summed E-state index contributed by atoms with van der Waals surface area (Å²) < 4.78 is 0. The summed E-state index contributed by atoms with van der Waals surface area (Å²) in [5, 5.41) is 0. The molecule has 0 aliphatic rings. The Balaban J connectivity index is 1.25. The van der Waals surface area contributed by atoms with E-state index < -0.39 is 0 Å². The van der Waals surface area contributed by atoms with E-state index in [9.17, 15) is 0 Å². The van der Waals surface area contributed by atoms with Gasteiger partial charge in [-0.05, 0) is 50.6 Å². The van der Waals surface area contributed by atoms with E-state index in [1.165, 1.54) is 22.3 Å². The normalized spacial score (nSPS) is 11.1.